The summed E-state index contributed by atoms with van der Waals surface area (Å²) >= 11 is 0. The quantitative estimate of drug-likeness (QED) is 0.763. The SMILES string of the molecule is CCCN(CCC)C(=O)CC(CN)c1cc(C)ccc1OC. The highest BCUT2D eigenvalue weighted by atomic mass is 16.5. The van der Waals surface area contributed by atoms with Crippen molar-refractivity contribution in [1.82, 2.24) is 4.90 Å². The number of nitrogens with two attached hydrogens (primary N) is 1. The van der Waals surface area contributed by atoms with E-state index in [-0.39, 0.29) is 11.8 Å². The fraction of sp³-hybridized carbons (Fsp3) is 0.611. The Morgan fingerprint density at radius 1 is 1.27 bits per heavy atom. The topological polar surface area (TPSA) is 55.6 Å². The zero-order chi connectivity index (χ0) is 16.5. The molecule has 0 aliphatic carbocycles. The van der Waals surface area contributed by atoms with Crippen molar-refractivity contribution in [3.63, 3.8) is 0 Å². The van der Waals surface area contributed by atoms with Gasteiger partial charge in [0.15, 0.2) is 0 Å². The fourth-order valence-corrected chi connectivity index (χ4v) is 2.73. The minimum Gasteiger partial charge on any atom is -0.496 e. The number of carbonyl (C=O) groups is 1. The Morgan fingerprint density at radius 2 is 1.91 bits per heavy atom. The van der Waals surface area contributed by atoms with E-state index in [9.17, 15) is 4.79 Å². The number of rotatable bonds is 9. The summed E-state index contributed by atoms with van der Waals surface area (Å²) in [5, 5.41) is 0. The molecule has 1 aromatic carbocycles. The molecule has 1 unspecified atom stereocenters. The molecule has 0 radical (unpaired) electrons. The third-order valence-electron chi connectivity index (χ3n) is 3.87. The second-order valence-corrected chi connectivity index (χ2v) is 5.76. The first-order valence-electron chi connectivity index (χ1n) is 8.19. The van der Waals surface area contributed by atoms with Gasteiger partial charge in [0.2, 0.25) is 5.91 Å². The van der Waals surface area contributed by atoms with Gasteiger partial charge in [-0.3, -0.25) is 4.79 Å². The molecule has 4 heteroatoms. The lowest BCUT2D eigenvalue weighted by Gasteiger charge is -2.25. The minimum atomic E-state index is -0.00133. The number of hydrogen-bond acceptors (Lipinski definition) is 3. The van der Waals surface area contributed by atoms with Crippen molar-refractivity contribution in [1.29, 1.82) is 0 Å². The number of benzene rings is 1. The molecule has 124 valence electrons. The maximum atomic E-state index is 12.6. The summed E-state index contributed by atoms with van der Waals surface area (Å²) in [5.41, 5.74) is 8.14. The van der Waals surface area contributed by atoms with Crippen molar-refractivity contribution >= 4 is 5.91 Å². The maximum Gasteiger partial charge on any atom is 0.223 e. The predicted octanol–water partition coefficient (Wildman–Crippen LogP) is 3.08. The summed E-state index contributed by atoms with van der Waals surface area (Å²) in [4.78, 5) is 14.5. The highest BCUT2D eigenvalue weighted by molar-refractivity contribution is 5.77. The van der Waals surface area contributed by atoms with Gasteiger partial charge >= 0.3 is 0 Å². The van der Waals surface area contributed by atoms with Crippen molar-refractivity contribution in [2.24, 2.45) is 5.73 Å². The second kappa shape index (κ2) is 9.46. The smallest absolute Gasteiger partial charge is 0.223 e. The van der Waals surface area contributed by atoms with Crippen LogP contribution in [0.15, 0.2) is 18.2 Å². The Kier molecular flexibility index (Phi) is 7.96. The molecule has 0 spiro atoms. The third-order valence-corrected chi connectivity index (χ3v) is 3.87. The lowest BCUT2D eigenvalue weighted by Crippen LogP contribution is -2.34. The van der Waals surface area contributed by atoms with Crippen LogP contribution in [0.5, 0.6) is 5.75 Å². The van der Waals surface area contributed by atoms with Gasteiger partial charge in [0.25, 0.3) is 0 Å². The van der Waals surface area contributed by atoms with Crippen LogP contribution < -0.4 is 10.5 Å². The van der Waals surface area contributed by atoms with Crippen molar-refractivity contribution < 1.29 is 9.53 Å². The predicted molar refractivity (Wildman–Crippen MR) is 91.3 cm³/mol. The number of aryl methyl sites for hydroxylation is 1. The number of nitrogens with zero attached hydrogens (tertiary/aromatic N) is 1. The molecule has 1 amide bonds. The van der Waals surface area contributed by atoms with Crippen LogP contribution in [0.25, 0.3) is 0 Å². The van der Waals surface area contributed by atoms with E-state index in [1.807, 2.05) is 24.0 Å². The van der Waals surface area contributed by atoms with E-state index in [4.69, 9.17) is 10.5 Å². The van der Waals surface area contributed by atoms with E-state index in [2.05, 4.69) is 19.9 Å². The summed E-state index contributed by atoms with van der Waals surface area (Å²) < 4.78 is 5.44. The van der Waals surface area contributed by atoms with Crippen molar-refractivity contribution in [3.8, 4) is 5.75 Å². The van der Waals surface area contributed by atoms with Crippen LogP contribution in [-0.4, -0.2) is 37.6 Å². The molecule has 0 aliphatic rings. The van der Waals surface area contributed by atoms with Gasteiger partial charge in [0, 0.05) is 25.4 Å². The van der Waals surface area contributed by atoms with Crippen molar-refractivity contribution in [3.05, 3.63) is 29.3 Å². The summed E-state index contributed by atoms with van der Waals surface area (Å²) in [6.45, 7) is 8.31. The molecule has 4 nitrogen and oxygen atoms in total. The molecule has 1 atom stereocenters. The highest BCUT2D eigenvalue weighted by Crippen LogP contribution is 2.30. The van der Waals surface area contributed by atoms with Crippen LogP contribution in [0, 0.1) is 6.92 Å². The van der Waals surface area contributed by atoms with Gasteiger partial charge in [-0.2, -0.15) is 0 Å². The molecular formula is C18H30N2O2. The van der Waals surface area contributed by atoms with E-state index in [0.29, 0.717) is 13.0 Å². The largest absolute Gasteiger partial charge is 0.496 e. The molecule has 1 aromatic rings. The monoisotopic (exact) mass is 306 g/mol. The molecule has 0 fully saturated rings. The van der Waals surface area contributed by atoms with Crippen molar-refractivity contribution in [2.75, 3.05) is 26.7 Å². The van der Waals surface area contributed by atoms with E-state index in [1.165, 1.54) is 0 Å². The Morgan fingerprint density at radius 3 is 2.41 bits per heavy atom. The first-order chi connectivity index (χ1) is 10.6. The molecule has 0 aromatic heterocycles. The van der Waals surface area contributed by atoms with E-state index in [0.717, 1.165) is 42.8 Å². The van der Waals surface area contributed by atoms with E-state index in [1.54, 1.807) is 7.11 Å². The van der Waals surface area contributed by atoms with E-state index >= 15 is 0 Å². The average molecular weight is 306 g/mol. The lowest BCUT2D eigenvalue weighted by atomic mass is 9.93. The molecule has 22 heavy (non-hydrogen) atoms. The maximum absolute atomic E-state index is 12.6. The van der Waals surface area contributed by atoms with Crippen LogP contribution >= 0.6 is 0 Å². The van der Waals surface area contributed by atoms with Crippen LogP contribution in [0.4, 0.5) is 0 Å². The van der Waals surface area contributed by atoms with Gasteiger partial charge < -0.3 is 15.4 Å². The molecule has 0 heterocycles. The van der Waals surface area contributed by atoms with Crippen LogP contribution in [-0.2, 0) is 4.79 Å². The number of methoxy groups -OCH3 is 1. The number of amides is 1. The molecule has 0 aliphatic heterocycles. The Balaban J connectivity index is 2.92. The number of ether oxygens (including phenoxy) is 1. The van der Waals surface area contributed by atoms with E-state index < -0.39 is 0 Å². The summed E-state index contributed by atoms with van der Waals surface area (Å²) in [5.74, 6) is 0.993. The highest BCUT2D eigenvalue weighted by Gasteiger charge is 2.21. The first kappa shape index (κ1) is 18.5. The summed E-state index contributed by atoms with van der Waals surface area (Å²) in [6.07, 6.45) is 2.40. The van der Waals surface area contributed by atoms with Crippen LogP contribution in [0.3, 0.4) is 0 Å². The minimum absolute atomic E-state index is 0.00133. The Hall–Kier alpha value is -1.55. The van der Waals surface area contributed by atoms with Gasteiger partial charge in [-0.05, 0) is 37.9 Å². The fourth-order valence-electron chi connectivity index (χ4n) is 2.73. The summed E-state index contributed by atoms with van der Waals surface area (Å²) in [6, 6.07) is 6.04. The lowest BCUT2D eigenvalue weighted by molar-refractivity contribution is -0.131. The molecule has 2 N–H and O–H groups in total. The average Bonchev–Trinajstić information content (AvgIpc) is 2.52. The zero-order valence-electron chi connectivity index (χ0n) is 14.4. The Bertz CT molecular complexity index is 468. The second-order valence-electron chi connectivity index (χ2n) is 5.76. The van der Waals surface area contributed by atoms with Crippen molar-refractivity contribution in [2.45, 2.75) is 46.0 Å². The molecule has 0 bridgehead atoms. The van der Waals surface area contributed by atoms with Gasteiger partial charge in [0.1, 0.15) is 5.75 Å². The van der Waals surface area contributed by atoms with Gasteiger partial charge in [0.05, 0.1) is 7.11 Å². The first-order valence-corrected chi connectivity index (χ1v) is 8.19. The van der Waals surface area contributed by atoms with Crippen LogP contribution in [0.2, 0.25) is 0 Å². The van der Waals surface area contributed by atoms with Gasteiger partial charge in [-0.25, -0.2) is 0 Å². The molecular weight excluding hydrogens is 276 g/mol. The third kappa shape index (κ3) is 5.02. The number of hydrogen-bond donors (Lipinski definition) is 1. The molecule has 0 saturated heterocycles. The summed E-state index contributed by atoms with van der Waals surface area (Å²) in [7, 11) is 1.66. The van der Waals surface area contributed by atoms with Gasteiger partial charge in [-0.1, -0.05) is 31.5 Å². The Labute approximate surface area is 134 Å². The zero-order valence-corrected chi connectivity index (χ0v) is 14.4. The van der Waals surface area contributed by atoms with Gasteiger partial charge in [-0.15, -0.1) is 0 Å². The molecule has 1 rings (SSSR count). The number of carbonyl (C=O) groups excluding carboxylic acids is 1. The molecule has 0 saturated carbocycles. The van der Waals surface area contributed by atoms with Crippen LogP contribution in [0.1, 0.15) is 50.2 Å². The standard InChI is InChI=1S/C18H30N2O2/c1-5-9-20(10-6-2)18(21)12-15(13-19)16-11-14(3)7-8-17(16)22-4/h7-8,11,15H,5-6,9-10,12-13,19H2,1-4H3. The normalized spacial score (nSPS) is 12.0.